The average molecular weight is 289 g/mol. The van der Waals surface area contributed by atoms with Crippen LogP contribution in [0.25, 0.3) is 0 Å². The number of fused-ring (bicyclic) bond motifs is 1. The van der Waals surface area contributed by atoms with Crippen molar-refractivity contribution in [2.24, 2.45) is 5.92 Å². The van der Waals surface area contributed by atoms with Gasteiger partial charge in [-0.15, -0.1) is 0 Å². The Morgan fingerprint density at radius 3 is 2.90 bits per heavy atom. The van der Waals surface area contributed by atoms with Crippen molar-refractivity contribution in [3.8, 4) is 0 Å². The average Bonchev–Trinajstić information content (AvgIpc) is 2.89. The summed E-state index contributed by atoms with van der Waals surface area (Å²) in [5, 5.41) is 14.4. The maximum Gasteiger partial charge on any atom is 0.270 e. The van der Waals surface area contributed by atoms with Crippen molar-refractivity contribution in [3.63, 3.8) is 0 Å². The van der Waals surface area contributed by atoms with Gasteiger partial charge in [-0.1, -0.05) is 0 Å². The van der Waals surface area contributed by atoms with Crippen LogP contribution in [0.1, 0.15) is 28.8 Å². The molecule has 2 atom stereocenters. The minimum Gasteiger partial charge on any atom is -0.337 e. The van der Waals surface area contributed by atoms with E-state index < -0.39 is 4.92 Å². The summed E-state index contributed by atoms with van der Waals surface area (Å²) in [5.74, 6) is 0.417. The first kappa shape index (κ1) is 14.0. The van der Waals surface area contributed by atoms with Crippen molar-refractivity contribution in [3.05, 3.63) is 39.4 Å². The van der Waals surface area contributed by atoms with E-state index in [4.69, 9.17) is 0 Å². The minimum absolute atomic E-state index is 0.0203. The van der Waals surface area contributed by atoms with Gasteiger partial charge < -0.3 is 10.2 Å². The standard InChI is InChI=1S/C15H19N3O3/c1-10-5-12(7-13(6-10)18(20)21)15(19)17-8-11-3-2-4-16-14(11)9-17/h5-7,11,14,16H,2-4,8-9H2,1H3. The van der Waals surface area contributed by atoms with Crippen LogP contribution < -0.4 is 5.32 Å². The van der Waals surface area contributed by atoms with Gasteiger partial charge in [0.05, 0.1) is 4.92 Å². The molecule has 0 saturated carbocycles. The fourth-order valence-corrected chi connectivity index (χ4v) is 3.39. The van der Waals surface area contributed by atoms with E-state index in [1.165, 1.54) is 12.1 Å². The number of non-ortho nitro benzene ring substituents is 1. The van der Waals surface area contributed by atoms with Crippen LogP contribution in [-0.4, -0.2) is 41.4 Å². The fraction of sp³-hybridized carbons (Fsp3) is 0.533. The van der Waals surface area contributed by atoms with Gasteiger partial charge in [0.2, 0.25) is 0 Å². The van der Waals surface area contributed by atoms with Gasteiger partial charge in [0, 0.05) is 36.8 Å². The summed E-state index contributed by atoms with van der Waals surface area (Å²) in [6, 6.07) is 4.97. The summed E-state index contributed by atoms with van der Waals surface area (Å²) in [6.07, 6.45) is 2.30. The van der Waals surface area contributed by atoms with E-state index >= 15 is 0 Å². The van der Waals surface area contributed by atoms with Gasteiger partial charge in [0.15, 0.2) is 0 Å². The predicted octanol–water partition coefficient (Wildman–Crippen LogP) is 1.73. The van der Waals surface area contributed by atoms with Crippen molar-refractivity contribution in [1.29, 1.82) is 0 Å². The lowest BCUT2D eigenvalue weighted by molar-refractivity contribution is -0.384. The van der Waals surface area contributed by atoms with Crippen molar-refractivity contribution < 1.29 is 9.72 Å². The quantitative estimate of drug-likeness (QED) is 0.664. The van der Waals surface area contributed by atoms with Gasteiger partial charge in [-0.2, -0.15) is 0 Å². The number of aryl methyl sites for hydroxylation is 1. The van der Waals surface area contributed by atoms with Crippen LogP contribution in [0.2, 0.25) is 0 Å². The number of amides is 1. The first-order valence-corrected chi connectivity index (χ1v) is 7.33. The topological polar surface area (TPSA) is 75.5 Å². The number of hydrogen-bond donors (Lipinski definition) is 1. The molecule has 6 nitrogen and oxygen atoms in total. The molecule has 3 rings (SSSR count). The number of piperidine rings is 1. The van der Waals surface area contributed by atoms with Gasteiger partial charge in [-0.05, 0) is 43.9 Å². The number of carbonyl (C=O) groups is 1. The molecule has 2 aliphatic heterocycles. The first-order valence-electron chi connectivity index (χ1n) is 7.33. The normalized spacial score (nSPS) is 24.7. The molecule has 1 amide bonds. The smallest absolute Gasteiger partial charge is 0.270 e. The third-order valence-electron chi connectivity index (χ3n) is 4.41. The summed E-state index contributed by atoms with van der Waals surface area (Å²) >= 11 is 0. The highest BCUT2D eigenvalue weighted by Crippen LogP contribution is 2.27. The molecule has 0 radical (unpaired) electrons. The number of nitro groups is 1. The molecule has 2 saturated heterocycles. The summed E-state index contributed by atoms with van der Waals surface area (Å²) in [6.45, 7) is 4.23. The van der Waals surface area contributed by atoms with Crippen LogP contribution in [0, 0.1) is 23.0 Å². The zero-order valence-electron chi connectivity index (χ0n) is 12.0. The lowest BCUT2D eigenvalue weighted by atomic mass is 9.94. The Morgan fingerprint density at radius 1 is 1.38 bits per heavy atom. The second-order valence-corrected chi connectivity index (χ2v) is 5.99. The van der Waals surface area contributed by atoms with Crippen molar-refractivity contribution in [2.75, 3.05) is 19.6 Å². The summed E-state index contributed by atoms with van der Waals surface area (Å²) in [7, 11) is 0. The Kier molecular flexibility index (Phi) is 3.63. The highest BCUT2D eigenvalue weighted by atomic mass is 16.6. The largest absolute Gasteiger partial charge is 0.337 e. The van der Waals surface area contributed by atoms with E-state index in [0.29, 0.717) is 24.1 Å². The minimum atomic E-state index is -0.449. The highest BCUT2D eigenvalue weighted by Gasteiger charge is 2.36. The van der Waals surface area contributed by atoms with Gasteiger partial charge in [0.25, 0.3) is 11.6 Å². The van der Waals surface area contributed by atoms with Crippen LogP contribution in [0.15, 0.2) is 18.2 Å². The van der Waals surface area contributed by atoms with Gasteiger partial charge in [-0.3, -0.25) is 14.9 Å². The summed E-state index contributed by atoms with van der Waals surface area (Å²) < 4.78 is 0. The fourth-order valence-electron chi connectivity index (χ4n) is 3.39. The summed E-state index contributed by atoms with van der Waals surface area (Å²) in [5.41, 5.74) is 1.13. The number of rotatable bonds is 2. The van der Waals surface area contributed by atoms with Crippen LogP contribution in [0.5, 0.6) is 0 Å². The molecule has 112 valence electrons. The number of nitrogens with one attached hydrogen (secondary N) is 1. The van der Waals surface area contributed by atoms with Crippen LogP contribution in [0.3, 0.4) is 0 Å². The molecule has 2 heterocycles. The third kappa shape index (κ3) is 2.76. The monoisotopic (exact) mass is 289 g/mol. The lowest BCUT2D eigenvalue weighted by Gasteiger charge is -2.24. The lowest BCUT2D eigenvalue weighted by Crippen LogP contribution is -2.41. The van der Waals surface area contributed by atoms with E-state index in [2.05, 4.69) is 5.32 Å². The second-order valence-electron chi connectivity index (χ2n) is 5.99. The third-order valence-corrected chi connectivity index (χ3v) is 4.41. The van der Waals surface area contributed by atoms with Crippen LogP contribution in [0.4, 0.5) is 5.69 Å². The molecule has 1 aromatic carbocycles. The van der Waals surface area contributed by atoms with Crippen molar-refractivity contribution >= 4 is 11.6 Å². The van der Waals surface area contributed by atoms with Crippen LogP contribution >= 0.6 is 0 Å². The zero-order valence-corrected chi connectivity index (χ0v) is 12.0. The Labute approximate surface area is 123 Å². The van der Waals surface area contributed by atoms with E-state index in [9.17, 15) is 14.9 Å². The van der Waals surface area contributed by atoms with E-state index in [1.807, 2.05) is 4.90 Å². The van der Waals surface area contributed by atoms with E-state index in [-0.39, 0.29) is 11.6 Å². The number of nitrogens with zero attached hydrogens (tertiary/aromatic N) is 2. The summed E-state index contributed by atoms with van der Waals surface area (Å²) in [4.78, 5) is 24.9. The molecule has 1 N–H and O–H groups in total. The molecular formula is C15H19N3O3. The molecule has 21 heavy (non-hydrogen) atoms. The SMILES string of the molecule is Cc1cc(C(=O)N2CC3CCCNC3C2)cc([N+](=O)[O-])c1. The van der Waals surface area contributed by atoms with Crippen LogP contribution in [-0.2, 0) is 0 Å². The molecule has 0 spiro atoms. The number of benzene rings is 1. The maximum absolute atomic E-state index is 12.6. The molecule has 2 aliphatic rings. The van der Waals surface area contributed by atoms with Gasteiger partial charge >= 0.3 is 0 Å². The Morgan fingerprint density at radius 2 is 2.19 bits per heavy atom. The van der Waals surface area contributed by atoms with Crippen molar-refractivity contribution in [2.45, 2.75) is 25.8 Å². The molecule has 0 bridgehead atoms. The highest BCUT2D eigenvalue weighted by molar-refractivity contribution is 5.95. The maximum atomic E-state index is 12.6. The van der Waals surface area contributed by atoms with E-state index in [0.717, 1.165) is 31.5 Å². The Hall–Kier alpha value is -1.95. The molecule has 1 aromatic rings. The predicted molar refractivity (Wildman–Crippen MR) is 78.3 cm³/mol. The molecule has 0 aliphatic carbocycles. The second kappa shape index (κ2) is 5.44. The Bertz CT molecular complexity index is 574. The zero-order chi connectivity index (χ0) is 15.0. The molecular weight excluding hydrogens is 270 g/mol. The Balaban J connectivity index is 1.81. The van der Waals surface area contributed by atoms with E-state index in [1.54, 1.807) is 13.0 Å². The number of likely N-dealkylation sites (tertiary alicyclic amines) is 1. The molecule has 6 heteroatoms. The number of carbonyl (C=O) groups excluding carboxylic acids is 1. The number of nitro benzene ring substituents is 1. The first-order chi connectivity index (χ1) is 10.0. The number of hydrogen-bond acceptors (Lipinski definition) is 4. The molecule has 2 unspecified atom stereocenters. The molecule has 0 aromatic heterocycles. The van der Waals surface area contributed by atoms with Crippen molar-refractivity contribution in [1.82, 2.24) is 10.2 Å². The molecule has 2 fully saturated rings. The van der Waals surface area contributed by atoms with Gasteiger partial charge in [-0.25, -0.2) is 0 Å². The van der Waals surface area contributed by atoms with Gasteiger partial charge in [0.1, 0.15) is 0 Å².